The van der Waals surface area contributed by atoms with Crippen molar-refractivity contribution < 1.29 is 28.5 Å². The second kappa shape index (κ2) is 10.3. The van der Waals surface area contributed by atoms with Crippen LogP contribution in [-0.2, 0) is 6.61 Å². The Morgan fingerprint density at radius 1 is 0.857 bits per heavy atom. The minimum Gasteiger partial charge on any atom is -0.496 e. The largest absolute Gasteiger partial charge is 0.496 e. The first-order valence-corrected chi connectivity index (χ1v) is 11.0. The zero-order valence-electron chi connectivity index (χ0n) is 19.7. The Bertz CT molecular complexity index is 1330. The Hall–Kier alpha value is -4.32. The number of carbonyl (C=O) groups is 1. The van der Waals surface area contributed by atoms with Crippen LogP contribution in [0.2, 0.25) is 0 Å². The summed E-state index contributed by atoms with van der Waals surface area (Å²) in [6.07, 6.45) is 0. The Morgan fingerprint density at radius 2 is 1.49 bits per heavy atom. The number of ether oxygens (including phenoxy) is 3. The molecule has 0 radical (unpaired) electrons. The molecule has 0 aromatic heterocycles. The molecule has 0 saturated carbocycles. The number of hydrogen-bond donors (Lipinski definition) is 1. The first kappa shape index (κ1) is 23.8. The summed E-state index contributed by atoms with van der Waals surface area (Å²) in [7, 11) is 2.89. The van der Waals surface area contributed by atoms with Crippen molar-refractivity contribution in [3.63, 3.8) is 0 Å². The maximum absolute atomic E-state index is 13.5. The number of rotatable bonds is 8. The van der Waals surface area contributed by atoms with Crippen LogP contribution in [0, 0.1) is 12.7 Å². The van der Waals surface area contributed by atoms with Crippen LogP contribution >= 0.6 is 0 Å². The number of aromatic carboxylic acids is 1. The molecule has 0 aliphatic carbocycles. The van der Waals surface area contributed by atoms with Crippen LogP contribution in [0.1, 0.15) is 21.5 Å². The number of hydrogen-bond acceptors (Lipinski definition) is 4. The minimum atomic E-state index is -1.17. The molecule has 0 heterocycles. The Morgan fingerprint density at radius 3 is 2.06 bits per heavy atom. The molecule has 5 nitrogen and oxygen atoms in total. The molecule has 6 heteroatoms. The van der Waals surface area contributed by atoms with Gasteiger partial charge in [0.15, 0.2) is 0 Å². The van der Waals surface area contributed by atoms with Gasteiger partial charge in [-0.05, 0) is 53.9 Å². The summed E-state index contributed by atoms with van der Waals surface area (Å²) in [6, 6.07) is 22.7. The number of benzene rings is 4. The van der Waals surface area contributed by atoms with E-state index in [1.165, 1.54) is 31.9 Å². The van der Waals surface area contributed by atoms with Crippen molar-refractivity contribution in [2.45, 2.75) is 13.5 Å². The van der Waals surface area contributed by atoms with Gasteiger partial charge in [-0.2, -0.15) is 0 Å². The van der Waals surface area contributed by atoms with Gasteiger partial charge in [-0.25, -0.2) is 9.18 Å². The maximum Gasteiger partial charge on any atom is 0.340 e. The molecule has 0 bridgehead atoms. The molecule has 1 N–H and O–H groups in total. The molecule has 0 spiro atoms. The van der Waals surface area contributed by atoms with Gasteiger partial charge in [-0.3, -0.25) is 0 Å². The fraction of sp³-hybridized carbons (Fsp3) is 0.138. The van der Waals surface area contributed by atoms with E-state index in [1.807, 2.05) is 31.2 Å². The molecule has 0 unspecified atom stereocenters. The summed E-state index contributed by atoms with van der Waals surface area (Å²) in [5, 5.41) is 10.1. The highest BCUT2D eigenvalue weighted by Gasteiger charge is 2.26. The lowest BCUT2D eigenvalue weighted by atomic mass is 9.92. The number of halogens is 1. The molecular formula is C29H25FO5. The number of methoxy groups -OCH3 is 2. The zero-order chi connectivity index (χ0) is 24.9. The van der Waals surface area contributed by atoms with E-state index < -0.39 is 5.97 Å². The highest BCUT2D eigenvalue weighted by atomic mass is 19.1. The highest BCUT2D eigenvalue weighted by molar-refractivity contribution is 6.04. The van der Waals surface area contributed by atoms with E-state index >= 15 is 0 Å². The van der Waals surface area contributed by atoms with Crippen LogP contribution in [-0.4, -0.2) is 25.3 Å². The summed E-state index contributed by atoms with van der Waals surface area (Å²) < 4.78 is 30.5. The van der Waals surface area contributed by atoms with Crippen LogP contribution < -0.4 is 14.2 Å². The van der Waals surface area contributed by atoms with Gasteiger partial charge in [-0.1, -0.05) is 54.1 Å². The van der Waals surface area contributed by atoms with Crippen LogP contribution in [0.15, 0.2) is 78.9 Å². The first-order valence-electron chi connectivity index (χ1n) is 11.0. The predicted octanol–water partition coefficient (Wildman–Crippen LogP) is 6.76. The monoisotopic (exact) mass is 472 g/mol. The Labute approximate surface area is 203 Å². The summed E-state index contributed by atoms with van der Waals surface area (Å²) >= 11 is 0. The maximum atomic E-state index is 13.5. The topological polar surface area (TPSA) is 65.0 Å². The fourth-order valence-electron chi connectivity index (χ4n) is 3.92. The minimum absolute atomic E-state index is 0.0421. The van der Waals surface area contributed by atoms with Gasteiger partial charge in [0.2, 0.25) is 0 Å². The van der Waals surface area contributed by atoms with E-state index in [-0.39, 0.29) is 17.1 Å². The van der Waals surface area contributed by atoms with Crippen molar-refractivity contribution in [1.29, 1.82) is 0 Å². The third-order valence-corrected chi connectivity index (χ3v) is 5.71. The lowest BCUT2D eigenvalue weighted by Gasteiger charge is -2.19. The van der Waals surface area contributed by atoms with Crippen molar-refractivity contribution in [2.24, 2.45) is 0 Å². The van der Waals surface area contributed by atoms with Crippen LogP contribution in [0.25, 0.3) is 22.3 Å². The van der Waals surface area contributed by atoms with E-state index in [0.717, 1.165) is 5.56 Å². The summed E-state index contributed by atoms with van der Waals surface area (Å²) in [5.41, 5.74) is 4.30. The molecule has 4 aromatic carbocycles. The first-order chi connectivity index (χ1) is 16.9. The van der Waals surface area contributed by atoms with E-state index in [9.17, 15) is 14.3 Å². The second-order valence-electron chi connectivity index (χ2n) is 8.02. The lowest BCUT2D eigenvalue weighted by Crippen LogP contribution is -2.07. The van der Waals surface area contributed by atoms with Gasteiger partial charge in [0.1, 0.15) is 35.2 Å². The van der Waals surface area contributed by atoms with Crippen molar-refractivity contribution in [3.05, 3.63) is 101 Å². The second-order valence-corrected chi connectivity index (χ2v) is 8.02. The molecule has 4 rings (SSSR count). The molecule has 0 aliphatic rings. The Balaban J connectivity index is 1.73. The zero-order valence-corrected chi connectivity index (χ0v) is 19.7. The molecule has 35 heavy (non-hydrogen) atoms. The standard InChI is InChI=1S/C29H25FO5/c1-18-4-6-19(7-5-18)17-35-23-14-10-21(11-15-23)26-25(33-2)16-24(20-8-12-22(30)13-9-20)28(34-3)27(26)29(31)32/h4-16H,17H2,1-3H3,(H,31,32). The molecule has 0 fully saturated rings. The predicted molar refractivity (Wildman–Crippen MR) is 133 cm³/mol. The van der Waals surface area contributed by atoms with Gasteiger partial charge in [0.05, 0.1) is 14.2 Å². The van der Waals surface area contributed by atoms with Gasteiger partial charge < -0.3 is 19.3 Å². The molecule has 4 aromatic rings. The average Bonchev–Trinajstić information content (AvgIpc) is 2.88. The molecule has 0 amide bonds. The molecule has 0 saturated heterocycles. The summed E-state index contributed by atoms with van der Waals surface area (Å²) in [5.74, 6) is -0.381. The lowest BCUT2D eigenvalue weighted by molar-refractivity contribution is 0.0694. The van der Waals surface area contributed by atoms with E-state index in [2.05, 4.69) is 0 Å². The van der Waals surface area contributed by atoms with Gasteiger partial charge in [0, 0.05) is 11.1 Å². The summed E-state index contributed by atoms with van der Waals surface area (Å²) in [4.78, 5) is 12.4. The van der Waals surface area contributed by atoms with E-state index in [0.29, 0.717) is 40.4 Å². The third-order valence-electron chi connectivity index (χ3n) is 5.71. The molecular weight excluding hydrogens is 447 g/mol. The number of carboxylic acids is 1. The highest BCUT2D eigenvalue weighted by Crippen LogP contribution is 2.45. The van der Waals surface area contributed by atoms with Crippen molar-refractivity contribution >= 4 is 5.97 Å². The van der Waals surface area contributed by atoms with Gasteiger partial charge in [-0.15, -0.1) is 0 Å². The number of carboxylic acid groups (broad SMARTS) is 1. The van der Waals surface area contributed by atoms with Crippen molar-refractivity contribution in [3.8, 4) is 39.5 Å². The Kier molecular flexibility index (Phi) is 7.01. The summed E-state index contributed by atoms with van der Waals surface area (Å²) in [6.45, 7) is 2.45. The number of aryl methyl sites for hydroxylation is 1. The quantitative estimate of drug-likeness (QED) is 0.307. The fourth-order valence-corrected chi connectivity index (χ4v) is 3.92. The van der Waals surface area contributed by atoms with Crippen molar-refractivity contribution in [1.82, 2.24) is 0 Å². The molecule has 0 aliphatic heterocycles. The average molecular weight is 473 g/mol. The smallest absolute Gasteiger partial charge is 0.340 e. The van der Waals surface area contributed by atoms with Gasteiger partial charge in [0.25, 0.3) is 0 Å². The normalized spacial score (nSPS) is 10.6. The van der Waals surface area contributed by atoms with Gasteiger partial charge >= 0.3 is 5.97 Å². The van der Waals surface area contributed by atoms with E-state index in [4.69, 9.17) is 14.2 Å². The van der Waals surface area contributed by atoms with Crippen molar-refractivity contribution in [2.75, 3.05) is 14.2 Å². The SMILES string of the molecule is COc1cc(-c2ccc(F)cc2)c(OC)c(C(=O)O)c1-c1ccc(OCc2ccc(C)cc2)cc1. The molecule has 0 atom stereocenters. The van der Waals surface area contributed by atoms with Crippen LogP contribution in [0.3, 0.4) is 0 Å². The third kappa shape index (κ3) is 5.11. The molecule has 178 valence electrons. The van der Waals surface area contributed by atoms with E-state index in [1.54, 1.807) is 42.5 Å². The van der Waals surface area contributed by atoms with Crippen LogP contribution in [0.4, 0.5) is 4.39 Å². The van der Waals surface area contributed by atoms with Crippen LogP contribution in [0.5, 0.6) is 17.2 Å².